The van der Waals surface area contributed by atoms with Crippen LogP contribution in [0, 0.1) is 5.92 Å². The molecule has 1 amide bonds. The number of alkyl carbamates (subject to hydrolysis) is 1. The van der Waals surface area contributed by atoms with Crippen molar-refractivity contribution in [2.24, 2.45) is 5.92 Å². The van der Waals surface area contributed by atoms with Crippen LogP contribution in [0.1, 0.15) is 52.7 Å². The van der Waals surface area contributed by atoms with E-state index >= 15 is 0 Å². The largest absolute Gasteiger partial charge is 0.468 e. The van der Waals surface area contributed by atoms with E-state index in [1.165, 1.54) is 7.11 Å². The molecule has 0 saturated carbocycles. The Kier molecular flexibility index (Phi) is 8.90. The van der Waals surface area contributed by atoms with Crippen LogP contribution in [0.3, 0.4) is 0 Å². The summed E-state index contributed by atoms with van der Waals surface area (Å²) >= 11 is 2.15. The highest BCUT2D eigenvalue weighted by molar-refractivity contribution is 14.1. The lowest BCUT2D eigenvalue weighted by Gasteiger charge is -2.26. The summed E-state index contributed by atoms with van der Waals surface area (Å²) in [7, 11) is 1.39. The Bertz CT molecular complexity index is 863. The zero-order chi connectivity index (χ0) is 23.1. The van der Waals surface area contributed by atoms with Gasteiger partial charge in [0.2, 0.25) is 0 Å². The lowest BCUT2D eigenvalue weighted by molar-refractivity contribution is -0.143. The van der Waals surface area contributed by atoms with Gasteiger partial charge in [-0.25, -0.2) is 9.78 Å². The molecule has 1 heterocycles. The van der Waals surface area contributed by atoms with Crippen LogP contribution in [-0.4, -0.2) is 40.9 Å². The maximum Gasteiger partial charge on any atom is 0.407 e. The van der Waals surface area contributed by atoms with E-state index in [1.807, 2.05) is 61.9 Å². The number of carbonyl (C=O) groups is 2. The Hall–Kier alpha value is -2.10. The molecule has 2 rings (SSSR count). The number of halogens is 1. The standard InChI is InChI=1S/C23H32IN3O4/c1-6-17(14-25-21(29)31-22(2,3)4)12-13-23(24,20(28)30-5)19-15-27(16-26-19)18-10-8-7-9-11-18/h7-11,15-17H,6,12-14H2,1-5H3,(H,25,29)/t17-,23+/m1/s1. The number of carbonyl (C=O) groups excluding carboxylic acids is 2. The van der Waals surface area contributed by atoms with E-state index in [4.69, 9.17) is 9.47 Å². The number of hydrogen-bond donors (Lipinski definition) is 1. The van der Waals surface area contributed by atoms with Gasteiger partial charge in [-0.3, -0.25) is 4.79 Å². The lowest BCUT2D eigenvalue weighted by atomic mass is 9.92. The van der Waals surface area contributed by atoms with Gasteiger partial charge in [0, 0.05) is 18.4 Å². The summed E-state index contributed by atoms with van der Waals surface area (Å²) in [5.74, 6) is -0.135. The topological polar surface area (TPSA) is 82.5 Å². The maximum atomic E-state index is 12.7. The Balaban J connectivity index is 2.09. The Morgan fingerprint density at radius 2 is 1.90 bits per heavy atom. The summed E-state index contributed by atoms with van der Waals surface area (Å²) in [6.07, 6.45) is 5.29. The number of methoxy groups -OCH3 is 1. The molecule has 0 bridgehead atoms. The van der Waals surface area contributed by atoms with Crippen LogP contribution in [0.4, 0.5) is 4.79 Å². The number of amides is 1. The molecule has 31 heavy (non-hydrogen) atoms. The van der Waals surface area contributed by atoms with Crippen molar-refractivity contribution in [3.8, 4) is 5.69 Å². The average molecular weight is 541 g/mol. The molecule has 1 aromatic heterocycles. The van der Waals surface area contributed by atoms with Crippen molar-refractivity contribution in [3.63, 3.8) is 0 Å². The number of benzene rings is 1. The highest BCUT2D eigenvalue weighted by Crippen LogP contribution is 2.38. The summed E-state index contributed by atoms with van der Waals surface area (Å²) in [6, 6.07) is 9.82. The first-order chi connectivity index (χ1) is 14.6. The Morgan fingerprint density at radius 3 is 2.48 bits per heavy atom. The van der Waals surface area contributed by atoms with Crippen molar-refractivity contribution in [1.82, 2.24) is 14.9 Å². The molecule has 1 N–H and O–H groups in total. The zero-order valence-corrected chi connectivity index (χ0v) is 21.0. The fraction of sp³-hybridized carbons (Fsp3) is 0.522. The van der Waals surface area contributed by atoms with Gasteiger partial charge in [0.15, 0.2) is 3.42 Å². The fourth-order valence-corrected chi connectivity index (χ4v) is 3.97. The van der Waals surface area contributed by atoms with E-state index in [-0.39, 0.29) is 11.9 Å². The second-order valence-electron chi connectivity index (χ2n) is 8.49. The third-order valence-corrected chi connectivity index (χ3v) is 6.49. The average Bonchev–Trinajstić information content (AvgIpc) is 3.23. The highest BCUT2D eigenvalue weighted by Gasteiger charge is 2.41. The molecule has 0 saturated heterocycles. The molecular weight excluding hydrogens is 509 g/mol. The zero-order valence-electron chi connectivity index (χ0n) is 18.9. The monoisotopic (exact) mass is 541 g/mol. The molecule has 1 aromatic carbocycles. The molecule has 7 nitrogen and oxygen atoms in total. The van der Waals surface area contributed by atoms with Crippen LogP contribution in [-0.2, 0) is 17.7 Å². The minimum absolute atomic E-state index is 0.197. The number of para-hydroxylation sites is 1. The molecule has 2 atom stereocenters. The van der Waals surface area contributed by atoms with Crippen molar-refractivity contribution in [2.75, 3.05) is 13.7 Å². The quantitative estimate of drug-likeness (QED) is 0.274. The molecule has 0 aliphatic carbocycles. The normalized spacial score (nSPS) is 14.4. The first-order valence-electron chi connectivity index (χ1n) is 10.4. The minimum atomic E-state index is -0.911. The van der Waals surface area contributed by atoms with Crippen molar-refractivity contribution >= 4 is 34.7 Å². The number of hydrogen-bond acceptors (Lipinski definition) is 5. The van der Waals surface area contributed by atoms with Crippen LogP contribution < -0.4 is 5.32 Å². The predicted molar refractivity (Wildman–Crippen MR) is 129 cm³/mol. The highest BCUT2D eigenvalue weighted by atomic mass is 127. The van der Waals surface area contributed by atoms with Crippen LogP contribution in [0.25, 0.3) is 5.69 Å². The smallest absolute Gasteiger partial charge is 0.407 e. The maximum absolute atomic E-state index is 12.7. The molecule has 0 unspecified atom stereocenters. The van der Waals surface area contributed by atoms with Gasteiger partial charge in [0.05, 0.1) is 19.1 Å². The van der Waals surface area contributed by atoms with Gasteiger partial charge < -0.3 is 19.4 Å². The molecule has 0 fully saturated rings. The molecule has 2 aromatic rings. The van der Waals surface area contributed by atoms with Gasteiger partial charge in [-0.05, 0) is 51.7 Å². The number of ether oxygens (including phenoxy) is 2. The first-order valence-corrected chi connectivity index (χ1v) is 11.5. The second kappa shape index (κ2) is 11.0. The first kappa shape index (κ1) is 25.2. The van der Waals surface area contributed by atoms with E-state index in [0.29, 0.717) is 18.7 Å². The number of aromatic nitrogens is 2. The molecule has 8 heteroatoms. The molecule has 0 aliphatic heterocycles. The Morgan fingerprint density at radius 1 is 1.23 bits per heavy atom. The predicted octanol–water partition coefficient (Wildman–Crippen LogP) is 5.01. The van der Waals surface area contributed by atoms with Crippen LogP contribution >= 0.6 is 22.6 Å². The lowest BCUT2D eigenvalue weighted by Crippen LogP contribution is -2.36. The minimum Gasteiger partial charge on any atom is -0.468 e. The second-order valence-corrected chi connectivity index (χ2v) is 10.3. The third kappa shape index (κ3) is 7.22. The number of alkyl halides is 1. The van der Waals surface area contributed by atoms with Crippen molar-refractivity contribution in [3.05, 3.63) is 48.5 Å². The number of imidazole rings is 1. The SMILES string of the molecule is CC[C@H](CC[C@@](I)(C(=O)OC)c1cn(-c2ccccc2)cn1)CNC(=O)OC(C)(C)C. The molecule has 170 valence electrons. The summed E-state index contributed by atoms with van der Waals surface area (Å²) in [5.41, 5.74) is 1.09. The van der Waals surface area contributed by atoms with Gasteiger partial charge in [-0.2, -0.15) is 0 Å². The Labute approximate surface area is 198 Å². The summed E-state index contributed by atoms with van der Waals surface area (Å²) in [6.45, 7) is 8.05. The van der Waals surface area contributed by atoms with E-state index in [0.717, 1.165) is 18.5 Å². The van der Waals surface area contributed by atoms with Gasteiger partial charge in [-0.15, -0.1) is 0 Å². The van der Waals surface area contributed by atoms with Crippen LogP contribution in [0.2, 0.25) is 0 Å². The number of nitrogens with zero attached hydrogens (tertiary/aromatic N) is 2. The number of esters is 1. The van der Waals surface area contributed by atoms with Gasteiger partial charge in [-0.1, -0.05) is 54.1 Å². The van der Waals surface area contributed by atoms with Crippen LogP contribution in [0.5, 0.6) is 0 Å². The fourth-order valence-electron chi connectivity index (χ4n) is 3.16. The van der Waals surface area contributed by atoms with Crippen molar-refractivity contribution in [1.29, 1.82) is 0 Å². The number of nitrogens with one attached hydrogen (secondary N) is 1. The number of rotatable bonds is 9. The van der Waals surface area contributed by atoms with E-state index < -0.39 is 15.1 Å². The van der Waals surface area contributed by atoms with Gasteiger partial charge in [0.25, 0.3) is 0 Å². The van der Waals surface area contributed by atoms with Gasteiger partial charge in [0.1, 0.15) is 5.60 Å². The summed E-state index contributed by atoms with van der Waals surface area (Å²) in [5, 5.41) is 2.84. The molecule has 0 spiro atoms. The van der Waals surface area contributed by atoms with E-state index in [9.17, 15) is 9.59 Å². The third-order valence-electron chi connectivity index (χ3n) is 4.96. The molecule has 0 aliphatic rings. The summed E-state index contributed by atoms with van der Waals surface area (Å²) in [4.78, 5) is 29.2. The summed E-state index contributed by atoms with van der Waals surface area (Å²) < 4.78 is 11.4. The van der Waals surface area contributed by atoms with Crippen molar-refractivity contribution in [2.45, 2.75) is 56.0 Å². The molecular formula is C23H32IN3O4. The van der Waals surface area contributed by atoms with Crippen molar-refractivity contribution < 1.29 is 19.1 Å². The molecule has 0 radical (unpaired) electrons. The van der Waals surface area contributed by atoms with Crippen LogP contribution in [0.15, 0.2) is 42.9 Å². The van der Waals surface area contributed by atoms with E-state index in [2.05, 4.69) is 39.8 Å². The van der Waals surface area contributed by atoms with E-state index in [1.54, 1.807) is 6.33 Å². The van der Waals surface area contributed by atoms with Gasteiger partial charge >= 0.3 is 12.1 Å².